The number of alkyl halides is 3. The number of carbonyl (C=O) groups is 1. The fourth-order valence-electron chi connectivity index (χ4n) is 3.28. The lowest BCUT2D eigenvalue weighted by Crippen LogP contribution is -2.48. The molecule has 1 heterocycles. The highest BCUT2D eigenvalue weighted by Crippen LogP contribution is 2.37. The Morgan fingerprint density at radius 1 is 0.969 bits per heavy atom. The third-order valence-corrected chi connectivity index (χ3v) is 6.61. The van der Waals surface area contributed by atoms with Crippen molar-refractivity contribution in [3.05, 3.63) is 84.4 Å². The minimum atomic E-state index is -4.57. The zero-order valence-corrected chi connectivity index (χ0v) is 17.2. The summed E-state index contributed by atoms with van der Waals surface area (Å²) in [6, 6.07) is 18.2. The van der Waals surface area contributed by atoms with Gasteiger partial charge in [-0.3, -0.25) is 9.10 Å². The summed E-state index contributed by atoms with van der Waals surface area (Å²) in [5.74, 6) is -0.602. The van der Waals surface area contributed by atoms with Crippen LogP contribution in [0.4, 0.5) is 24.5 Å². The van der Waals surface area contributed by atoms with Gasteiger partial charge in [-0.2, -0.15) is 13.2 Å². The summed E-state index contributed by atoms with van der Waals surface area (Å²) in [6.07, 6.45) is -5.85. The third kappa shape index (κ3) is 4.26. The molecule has 0 saturated carbocycles. The van der Waals surface area contributed by atoms with Crippen molar-refractivity contribution in [1.29, 1.82) is 0 Å². The predicted octanol–water partition coefficient (Wildman–Crippen LogP) is 4.30. The van der Waals surface area contributed by atoms with Crippen molar-refractivity contribution < 1.29 is 31.1 Å². The van der Waals surface area contributed by atoms with E-state index >= 15 is 0 Å². The Balaban J connectivity index is 1.64. The number of nitrogens with one attached hydrogen (secondary N) is 1. The van der Waals surface area contributed by atoms with E-state index in [2.05, 4.69) is 5.32 Å². The van der Waals surface area contributed by atoms with Crippen LogP contribution in [0.15, 0.2) is 83.8 Å². The molecule has 0 aromatic heterocycles. The first kappa shape index (κ1) is 21.7. The Morgan fingerprint density at radius 2 is 1.66 bits per heavy atom. The second-order valence-corrected chi connectivity index (χ2v) is 8.85. The van der Waals surface area contributed by atoms with Crippen molar-refractivity contribution in [3.63, 3.8) is 0 Å². The fourth-order valence-corrected chi connectivity index (χ4v) is 4.78. The van der Waals surface area contributed by atoms with Crippen LogP contribution in [0.1, 0.15) is 5.56 Å². The molecule has 1 N–H and O–H groups in total. The first-order chi connectivity index (χ1) is 15.2. The van der Waals surface area contributed by atoms with Gasteiger partial charge in [-0.05, 0) is 42.5 Å². The topological polar surface area (TPSA) is 75.7 Å². The maximum atomic E-state index is 13.2. The summed E-state index contributed by atoms with van der Waals surface area (Å²) in [7, 11) is -4.02. The number of ether oxygens (including phenoxy) is 1. The molecule has 166 valence electrons. The first-order valence-electron chi connectivity index (χ1n) is 9.48. The van der Waals surface area contributed by atoms with E-state index in [0.29, 0.717) is 0 Å². The highest BCUT2D eigenvalue weighted by Gasteiger charge is 2.37. The van der Waals surface area contributed by atoms with Gasteiger partial charge < -0.3 is 10.1 Å². The van der Waals surface area contributed by atoms with Gasteiger partial charge in [0.2, 0.25) is 0 Å². The minimum absolute atomic E-state index is 0.0359. The number of anilines is 2. The molecule has 0 radical (unpaired) electrons. The van der Waals surface area contributed by atoms with Gasteiger partial charge in [0.15, 0.2) is 6.10 Å². The van der Waals surface area contributed by atoms with Crippen molar-refractivity contribution in [3.8, 4) is 5.75 Å². The summed E-state index contributed by atoms with van der Waals surface area (Å²) in [6.45, 7) is -0.348. The quantitative estimate of drug-likeness (QED) is 0.627. The molecule has 4 rings (SSSR count). The number of amides is 1. The average molecular weight is 462 g/mol. The summed E-state index contributed by atoms with van der Waals surface area (Å²) >= 11 is 0. The van der Waals surface area contributed by atoms with E-state index in [1.807, 2.05) is 0 Å². The second kappa shape index (κ2) is 8.19. The maximum absolute atomic E-state index is 13.2. The van der Waals surface area contributed by atoms with Crippen molar-refractivity contribution in [2.45, 2.75) is 17.2 Å². The molecule has 10 heteroatoms. The number of para-hydroxylation sites is 2. The number of hydrogen-bond acceptors (Lipinski definition) is 4. The molecule has 0 fully saturated rings. The molecule has 1 atom stereocenters. The van der Waals surface area contributed by atoms with Crippen LogP contribution in [0.25, 0.3) is 0 Å². The molecule has 1 unspecified atom stereocenters. The van der Waals surface area contributed by atoms with Crippen LogP contribution < -0.4 is 14.4 Å². The normalized spacial score (nSPS) is 16.1. The van der Waals surface area contributed by atoms with E-state index in [1.165, 1.54) is 30.3 Å². The number of halogens is 3. The number of hydrogen-bond donors (Lipinski definition) is 1. The van der Waals surface area contributed by atoms with Crippen LogP contribution in [0, 0.1) is 0 Å². The lowest BCUT2D eigenvalue weighted by atomic mass is 10.1. The Morgan fingerprint density at radius 3 is 2.38 bits per heavy atom. The molecule has 0 bridgehead atoms. The van der Waals surface area contributed by atoms with E-state index in [1.54, 1.807) is 36.4 Å². The predicted molar refractivity (Wildman–Crippen MR) is 112 cm³/mol. The fraction of sp³-hybridized carbons (Fsp3) is 0.136. The van der Waals surface area contributed by atoms with Gasteiger partial charge in [-0.1, -0.05) is 36.4 Å². The Kier molecular flexibility index (Phi) is 5.55. The van der Waals surface area contributed by atoms with E-state index < -0.39 is 33.8 Å². The minimum Gasteiger partial charge on any atom is -0.476 e. The van der Waals surface area contributed by atoms with Crippen molar-refractivity contribution in [1.82, 2.24) is 0 Å². The lowest BCUT2D eigenvalue weighted by molar-refractivity contribution is -0.137. The molecular weight excluding hydrogens is 445 g/mol. The number of rotatable bonds is 4. The second-order valence-electron chi connectivity index (χ2n) is 6.99. The molecule has 1 aliphatic heterocycles. The molecule has 6 nitrogen and oxygen atoms in total. The maximum Gasteiger partial charge on any atom is 0.416 e. The van der Waals surface area contributed by atoms with Crippen LogP contribution in [0.5, 0.6) is 5.75 Å². The van der Waals surface area contributed by atoms with Gasteiger partial charge >= 0.3 is 6.18 Å². The molecule has 1 aliphatic rings. The average Bonchev–Trinajstić information content (AvgIpc) is 2.78. The molecule has 3 aromatic rings. The number of fused-ring (bicyclic) bond motifs is 1. The molecule has 0 saturated heterocycles. The van der Waals surface area contributed by atoms with E-state index in [9.17, 15) is 26.4 Å². The Bertz CT molecular complexity index is 1250. The monoisotopic (exact) mass is 462 g/mol. The van der Waals surface area contributed by atoms with E-state index in [-0.39, 0.29) is 28.6 Å². The highest BCUT2D eigenvalue weighted by molar-refractivity contribution is 7.92. The first-order valence-corrected chi connectivity index (χ1v) is 10.9. The number of benzene rings is 3. The molecule has 1 amide bonds. The van der Waals surface area contributed by atoms with Crippen LogP contribution in [0.3, 0.4) is 0 Å². The number of carbonyl (C=O) groups excluding carboxylic acids is 1. The summed E-state index contributed by atoms with van der Waals surface area (Å²) < 4.78 is 72.1. The molecule has 3 aromatic carbocycles. The summed E-state index contributed by atoms with van der Waals surface area (Å²) in [5.41, 5.74) is -0.734. The smallest absolute Gasteiger partial charge is 0.416 e. The Labute approximate surface area is 182 Å². The highest BCUT2D eigenvalue weighted by atomic mass is 32.2. The SMILES string of the molecule is O=C(Nc1cccc(C(F)(F)F)c1)C1CN(S(=O)(=O)c2ccccc2)c2ccccc2O1. The van der Waals surface area contributed by atoms with E-state index in [4.69, 9.17) is 4.74 Å². The molecule has 0 spiro atoms. The summed E-state index contributed by atoms with van der Waals surface area (Å²) in [5, 5.41) is 2.38. The van der Waals surface area contributed by atoms with Crippen molar-refractivity contribution >= 4 is 27.3 Å². The molecular formula is C22H17F3N2O4S. The van der Waals surface area contributed by atoms with Gasteiger partial charge in [0.25, 0.3) is 15.9 Å². The lowest BCUT2D eigenvalue weighted by Gasteiger charge is -2.34. The van der Waals surface area contributed by atoms with Crippen LogP contribution in [-0.4, -0.2) is 27.0 Å². The zero-order valence-electron chi connectivity index (χ0n) is 16.4. The zero-order chi connectivity index (χ0) is 22.9. The van der Waals surface area contributed by atoms with Gasteiger partial charge in [-0.25, -0.2) is 8.42 Å². The molecule has 0 aliphatic carbocycles. The van der Waals surface area contributed by atoms with Crippen LogP contribution in [-0.2, 0) is 21.0 Å². The Hall–Kier alpha value is -3.53. The van der Waals surface area contributed by atoms with Crippen LogP contribution in [0.2, 0.25) is 0 Å². The largest absolute Gasteiger partial charge is 0.476 e. The van der Waals surface area contributed by atoms with E-state index in [0.717, 1.165) is 16.4 Å². The van der Waals surface area contributed by atoms with Gasteiger partial charge in [0.1, 0.15) is 5.75 Å². The standard InChI is InChI=1S/C22H17F3N2O4S/c23-22(24,25)15-7-6-8-16(13-15)26-21(28)20-14-27(18-11-4-5-12-19(18)31-20)32(29,30)17-9-2-1-3-10-17/h1-13,20H,14H2,(H,26,28). The number of sulfonamides is 1. The van der Waals surface area contributed by atoms with Crippen molar-refractivity contribution in [2.24, 2.45) is 0 Å². The third-order valence-electron chi connectivity index (χ3n) is 4.82. The molecule has 32 heavy (non-hydrogen) atoms. The van der Waals surface area contributed by atoms with Crippen LogP contribution >= 0.6 is 0 Å². The number of nitrogens with zero attached hydrogens (tertiary/aromatic N) is 1. The summed E-state index contributed by atoms with van der Waals surface area (Å²) in [4.78, 5) is 12.8. The van der Waals surface area contributed by atoms with Gasteiger partial charge in [0.05, 0.1) is 22.7 Å². The van der Waals surface area contributed by atoms with Gasteiger partial charge in [-0.15, -0.1) is 0 Å². The van der Waals surface area contributed by atoms with Crippen molar-refractivity contribution in [2.75, 3.05) is 16.2 Å². The van der Waals surface area contributed by atoms with Gasteiger partial charge in [0, 0.05) is 5.69 Å².